The first kappa shape index (κ1) is 24.3. The number of rotatable bonds is 5. The molecule has 2 N–H and O–H groups in total. The molecule has 0 heterocycles. The first-order valence-electron chi connectivity index (χ1n) is 13.4. The minimum absolute atomic E-state index is 0.314. The van der Waals surface area contributed by atoms with Gasteiger partial charge in [-0.2, -0.15) is 0 Å². The summed E-state index contributed by atoms with van der Waals surface area (Å²) in [6, 6.07) is 14.9. The zero-order chi connectivity index (χ0) is 23.4. The number of benzene rings is 2. The van der Waals surface area contributed by atoms with Crippen LogP contribution in [0.2, 0.25) is 0 Å². The van der Waals surface area contributed by atoms with Crippen LogP contribution in [-0.2, 0) is 12.8 Å². The van der Waals surface area contributed by atoms with Crippen LogP contribution in [0.4, 0.5) is 0 Å². The molecule has 0 aliphatic heterocycles. The summed E-state index contributed by atoms with van der Waals surface area (Å²) < 4.78 is 0. The van der Waals surface area contributed by atoms with Gasteiger partial charge in [-0.05, 0) is 109 Å². The molecule has 2 aliphatic rings. The number of phenols is 1. The fourth-order valence-corrected chi connectivity index (χ4v) is 6.36. The van der Waals surface area contributed by atoms with Gasteiger partial charge in [-0.25, -0.2) is 0 Å². The summed E-state index contributed by atoms with van der Waals surface area (Å²) >= 11 is 0. The predicted molar refractivity (Wildman–Crippen MR) is 138 cm³/mol. The summed E-state index contributed by atoms with van der Waals surface area (Å²) in [6.07, 6.45) is 12.9. The molecule has 0 bridgehead atoms. The van der Waals surface area contributed by atoms with Crippen molar-refractivity contribution in [2.24, 2.45) is 17.3 Å². The highest BCUT2D eigenvalue weighted by Gasteiger charge is 2.26. The Morgan fingerprint density at radius 3 is 2.39 bits per heavy atom. The van der Waals surface area contributed by atoms with Gasteiger partial charge in [0.15, 0.2) is 0 Å². The highest BCUT2D eigenvalue weighted by Crippen LogP contribution is 2.40. The smallest absolute Gasteiger partial charge is 0.115 e. The standard InChI is InChI=1S/C31H44O2/c1-31(2,3)21-24-7-5-8-26(18-24)25-14-12-22(13-15-25)10-11-23-6-4-9-27-20-28(32)16-17-29(27)30(33)19-23/h5,7-8,16-18,20,22-23,25,30,32-33H,4,6,9-15,19,21H2,1-3H3. The fraction of sp³-hybridized carbons (Fsp3) is 0.613. The second kappa shape index (κ2) is 10.6. The van der Waals surface area contributed by atoms with Crippen molar-refractivity contribution in [2.45, 2.75) is 103 Å². The Hall–Kier alpha value is -1.80. The third-order valence-electron chi connectivity index (χ3n) is 8.09. The van der Waals surface area contributed by atoms with E-state index in [-0.39, 0.29) is 6.10 Å². The maximum atomic E-state index is 10.8. The quantitative estimate of drug-likeness (QED) is 0.485. The lowest BCUT2D eigenvalue weighted by Gasteiger charge is -2.31. The van der Waals surface area contributed by atoms with E-state index in [2.05, 4.69) is 45.0 Å². The van der Waals surface area contributed by atoms with Crippen molar-refractivity contribution in [1.82, 2.24) is 0 Å². The zero-order valence-electron chi connectivity index (χ0n) is 21.0. The number of hydrogen-bond donors (Lipinski definition) is 2. The van der Waals surface area contributed by atoms with E-state index in [1.54, 1.807) is 11.6 Å². The molecular weight excluding hydrogens is 404 g/mol. The summed E-state index contributed by atoms with van der Waals surface area (Å²) in [5.74, 6) is 2.52. The van der Waals surface area contributed by atoms with Crippen molar-refractivity contribution >= 4 is 0 Å². The van der Waals surface area contributed by atoms with Crippen LogP contribution in [0.25, 0.3) is 0 Å². The molecular formula is C31H44O2. The third-order valence-corrected chi connectivity index (χ3v) is 8.09. The molecule has 0 amide bonds. The molecule has 180 valence electrons. The van der Waals surface area contributed by atoms with Crippen molar-refractivity contribution in [2.75, 3.05) is 0 Å². The van der Waals surface area contributed by atoms with Gasteiger partial charge in [0.1, 0.15) is 5.75 Å². The number of aliphatic hydroxyl groups is 1. The molecule has 2 atom stereocenters. The van der Waals surface area contributed by atoms with Crippen molar-refractivity contribution in [3.05, 3.63) is 64.7 Å². The molecule has 2 unspecified atom stereocenters. The molecule has 33 heavy (non-hydrogen) atoms. The Morgan fingerprint density at radius 2 is 1.64 bits per heavy atom. The second-order valence-electron chi connectivity index (χ2n) is 12.2. The number of aliphatic hydroxyl groups excluding tert-OH is 1. The molecule has 2 nitrogen and oxygen atoms in total. The maximum Gasteiger partial charge on any atom is 0.115 e. The number of phenolic OH excluding ortho intramolecular Hbond substituents is 1. The molecule has 0 radical (unpaired) electrons. The molecule has 2 heteroatoms. The van der Waals surface area contributed by atoms with E-state index < -0.39 is 0 Å². The summed E-state index contributed by atoms with van der Waals surface area (Å²) in [5, 5.41) is 20.6. The molecule has 2 aromatic carbocycles. The molecule has 2 aliphatic carbocycles. The van der Waals surface area contributed by atoms with Gasteiger partial charge in [-0.1, -0.05) is 70.4 Å². The van der Waals surface area contributed by atoms with Crippen molar-refractivity contribution < 1.29 is 10.2 Å². The first-order valence-corrected chi connectivity index (χ1v) is 13.4. The highest BCUT2D eigenvalue weighted by molar-refractivity contribution is 5.36. The number of aryl methyl sites for hydroxylation is 1. The highest BCUT2D eigenvalue weighted by atomic mass is 16.3. The largest absolute Gasteiger partial charge is 0.508 e. The van der Waals surface area contributed by atoms with Crippen molar-refractivity contribution in [3.8, 4) is 5.75 Å². The van der Waals surface area contributed by atoms with Crippen LogP contribution in [0.5, 0.6) is 5.75 Å². The Bertz CT molecular complexity index is 901. The van der Waals surface area contributed by atoms with E-state index >= 15 is 0 Å². The average Bonchev–Trinajstić information content (AvgIpc) is 2.75. The van der Waals surface area contributed by atoms with E-state index in [1.807, 2.05) is 12.1 Å². The normalized spacial score (nSPS) is 26.3. The number of fused-ring (bicyclic) bond motifs is 1. The van der Waals surface area contributed by atoms with Gasteiger partial charge in [-0.3, -0.25) is 0 Å². The lowest BCUT2D eigenvalue weighted by atomic mass is 9.75. The minimum atomic E-state index is -0.387. The van der Waals surface area contributed by atoms with Crippen LogP contribution >= 0.6 is 0 Å². The SMILES string of the molecule is CC(C)(C)Cc1cccc(C2CCC(CCC3CCCc4cc(O)ccc4C(O)C3)CC2)c1. The lowest BCUT2D eigenvalue weighted by Crippen LogP contribution is -2.17. The van der Waals surface area contributed by atoms with E-state index in [0.29, 0.717) is 17.1 Å². The molecule has 2 aromatic rings. The summed E-state index contributed by atoms with van der Waals surface area (Å²) in [7, 11) is 0. The summed E-state index contributed by atoms with van der Waals surface area (Å²) in [6.45, 7) is 6.97. The molecule has 1 saturated carbocycles. The first-order chi connectivity index (χ1) is 15.8. The predicted octanol–water partition coefficient (Wildman–Crippen LogP) is 8.11. The Kier molecular flexibility index (Phi) is 7.84. The number of aromatic hydroxyl groups is 1. The van der Waals surface area contributed by atoms with Crippen LogP contribution in [0.3, 0.4) is 0 Å². The monoisotopic (exact) mass is 448 g/mol. The Labute approximate surface area is 201 Å². The summed E-state index contributed by atoms with van der Waals surface area (Å²) in [4.78, 5) is 0. The van der Waals surface area contributed by atoms with Crippen molar-refractivity contribution in [3.63, 3.8) is 0 Å². The van der Waals surface area contributed by atoms with Gasteiger partial charge in [0, 0.05) is 0 Å². The van der Waals surface area contributed by atoms with Crippen molar-refractivity contribution in [1.29, 1.82) is 0 Å². The van der Waals surface area contributed by atoms with Gasteiger partial charge in [0.05, 0.1) is 6.10 Å². The average molecular weight is 449 g/mol. The topological polar surface area (TPSA) is 40.5 Å². The third kappa shape index (κ3) is 6.85. The van der Waals surface area contributed by atoms with E-state index in [9.17, 15) is 10.2 Å². The zero-order valence-corrected chi connectivity index (χ0v) is 21.0. The van der Waals surface area contributed by atoms with Crippen LogP contribution in [0.15, 0.2) is 42.5 Å². The number of hydrogen-bond acceptors (Lipinski definition) is 2. The maximum absolute atomic E-state index is 10.8. The van der Waals surface area contributed by atoms with Gasteiger partial charge in [0.2, 0.25) is 0 Å². The Morgan fingerprint density at radius 1 is 0.879 bits per heavy atom. The van der Waals surface area contributed by atoms with E-state index in [4.69, 9.17) is 0 Å². The van der Waals surface area contributed by atoms with Crippen LogP contribution in [-0.4, -0.2) is 10.2 Å². The lowest BCUT2D eigenvalue weighted by molar-refractivity contribution is 0.129. The molecule has 0 aromatic heterocycles. The minimum Gasteiger partial charge on any atom is -0.508 e. The van der Waals surface area contributed by atoms with E-state index in [0.717, 1.165) is 48.6 Å². The fourth-order valence-electron chi connectivity index (χ4n) is 6.36. The van der Waals surface area contributed by atoms with Crippen LogP contribution < -0.4 is 0 Å². The molecule has 4 rings (SSSR count). The molecule has 1 fully saturated rings. The Balaban J connectivity index is 1.26. The van der Waals surface area contributed by atoms with Crippen LogP contribution in [0.1, 0.15) is 113 Å². The van der Waals surface area contributed by atoms with Gasteiger partial charge in [0.25, 0.3) is 0 Å². The summed E-state index contributed by atoms with van der Waals surface area (Å²) in [5.41, 5.74) is 5.55. The van der Waals surface area contributed by atoms with Gasteiger partial charge >= 0.3 is 0 Å². The van der Waals surface area contributed by atoms with E-state index in [1.165, 1.54) is 50.5 Å². The van der Waals surface area contributed by atoms with Gasteiger partial charge < -0.3 is 10.2 Å². The molecule has 0 saturated heterocycles. The van der Waals surface area contributed by atoms with Crippen LogP contribution in [0, 0.1) is 17.3 Å². The molecule has 0 spiro atoms. The second-order valence-corrected chi connectivity index (χ2v) is 12.2. The van der Waals surface area contributed by atoms with Gasteiger partial charge in [-0.15, -0.1) is 0 Å².